The van der Waals surface area contributed by atoms with Crippen molar-refractivity contribution in [3.63, 3.8) is 0 Å². The van der Waals surface area contributed by atoms with Crippen LogP contribution in [0.1, 0.15) is 11.1 Å². The van der Waals surface area contributed by atoms with E-state index >= 15 is 0 Å². The van der Waals surface area contributed by atoms with Crippen molar-refractivity contribution in [2.24, 2.45) is 0 Å². The zero-order valence-electron chi connectivity index (χ0n) is 14.0. The maximum absolute atomic E-state index is 12.6. The van der Waals surface area contributed by atoms with E-state index < -0.39 is 10.0 Å². The molecule has 0 saturated heterocycles. The number of benzene rings is 2. The predicted molar refractivity (Wildman–Crippen MR) is 98.1 cm³/mol. The number of aryl methyl sites for hydroxylation is 2. The lowest BCUT2D eigenvalue weighted by molar-refractivity contribution is 0.241. The number of carbonyl (C=O) groups excluding carboxylic acids is 1. The van der Waals surface area contributed by atoms with Gasteiger partial charge in [-0.25, -0.2) is 8.42 Å². The molecule has 0 spiro atoms. The molecule has 128 valence electrons. The number of hydrogen-bond acceptors (Lipinski definition) is 4. The summed E-state index contributed by atoms with van der Waals surface area (Å²) in [5.41, 5.74) is 2.12. The van der Waals surface area contributed by atoms with Crippen molar-refractivity contribution in [2.45, 2.75) is 23.6 Å². The zero-order valence-corrected chi connectivity index (χ0v) is 15.7. The molecule has 2 rings (SSSR count). The van der Waals surface area contributed by atoms with Crippen LogP contribution in [0.5, 0.6) is 0 Å². The van der Waals surface area contributed by atoms with E-state index in [9.17, 15) is 13.2 Å². The van der Waals surface area contributed by atoms with E-state index in [1.165, 1.54) is 4.90 Å². The normalized spacial score (nSPS) is 11.2. The fraction of sp³-hybridized carbons (Fsp3) is 0.235. The van der Waals surface area contributed by atoms with Crippen LogP contribution >= 0.6 is 11.8 Å². The number of anilines is 1. The quantitative estimate of drug-likeness (QED) is 0.836. The lowest BCUT2D eigenvalue weighted by Gasteiger charge is -2.12. The summed E-state index contributed by atoms with van der Waals surface area (Å²) in [7, 11) is -0.340. The van der Waals surface area contributed by atoms with Crippen LogP contribution in [0.3, 0.4) is 0 Å². The summed E-state index contributed by atoms with van der Waals surface area (Å²) in [5, 5.41) is -0.121. The number of thioether (sulfide) groups is 1. The number of sulfonamides is 1. The molecule has 1 amide bonds. The highest BCUT2D eigenvalue weighted by atomic mass is 32.2. The molecule has 0 aliphatic carbocycles. The lowest BCUT2D eigenvalue weighted by atomic mass is 10.2. The van der Waals surface area contributed by atoms with Gasteiger partial charge in [0.2, 0.25) is 0 Å². The molecule has 0 aromatic heterocycles. The van der Waals surface area contributed by atoms with Crippen LogP contribution in [0.15, 0.2) is 52.3 Å². The molecule has 7 heteroatoms. The Morgan fingerprint density at radius 2 is 1.79 bits per heavy atom. The molecule has 0 atom stereocenters. The third-order valence-corrected chi connectivity index (χ3v) is 5.85. The minimum Gasteiger partial charge on any atom is -0.339 e. The molecule has 0 heterocycles. The highest BCUT2D eigenvalue weighted by molar-refractivity contribution is 8.13. The number of hydrogen-bond donors (Lipinski definition) is 1. The van der Waals surface area contributed by atoms with Gasteiger partial charge < -0.3 is 4.90 Å². The Morgan fingerprint density at radius 1 is 1.08 bits per heavy atom. The standard InChI is InChI=1S/C17H20N2O3S2/c1-12-8-9-16(13(2)10-12)24(21,22)18-14-6-5-7-15(11-14)23-17(20)19(3)4/h5-11,18H,1-4H3. The molecular weight excluding hydrogens is 344 g/mol. The minimum absolute atomic E-state index is 0.121. The van der Waals surface area contributed by atoms with E-state index in [0.717, 1.165) is 17.3 Å². The third-order valence-electron chi connectivity index (χ3n) is 3.28. The molecule has 2 aromatic carbocycles. The maximum atomic E-state index is 12.6. The molecule has 24 heavy (non-hydrogen) atoms. The molecule has 2 aromatic rings. The van der Waals surface area contributed by atoms with Gasteiger partial charge in [0.05, 0.1) is 4.90 Å². The fourth-order valence-corrected chi connectivity index (χ4v) is 4.12. The van der Waals surface area contributed by atoms with E-state index in [2.05, 4.69) is 4.72 Å². The summed E-state index contributed by atoms with van der Waals surface area (Å²) in [6, 6.07) is 12.0. The Morgan fingerprint density at radius 3 is 2.42 bits per heavy atom. The van der Waals surface area contributed by atoms with E-state index in [4.69, 9.17) is 0 Å². The first-order valence-electron chi connectivity index (χ1n) is 7.28. The molecule has 0 radical (unpaired) electrons. The van der Waals surface area contributed by atoms with Crippen LogP contribution in [0.4, 0.5) is 10.5 Å². The summed E-state index contributed by atoms with van der Waals surface area (Å²) in [4.78, 5) is 14.1. The molecule has 0 saturated carbocycles. The Labute approximate surface area is 147 Å². The topological polar surface area (TPSA) is 66.5 Å². The van der Waals surface area contributed by atoms with Crippen molar-refractivity contribution in [2.75, 3.05) is 18.8 Å². The van der Waals surface area contributed by atoms with Gasteiger partial charge in [-0.15, -0.1) is 0 Å². The molecule has 0 bridgehead atoms. The summed E-state index contributed by atoms with van der Waals surface area (Å²) in [5.74, 6) is 0. The number of nitrogens with zero attached hydrogens (tertiary/aromatic N) is 1. The first-order valence-corrected chi connectivity index (χ1v) is 9.58. The summed E-state index contributed by atoms with van der Waals surface area (Å²) >= 11 is 1.04. The smallest absolute Gasteiger partial charge is 0.285 e. The van der Waals surface area contributed by atoms with E-state index in [1.807, 2.05) is 13.0 Å². The van der Waals surface area contributed by atoms with Gasteiger partial charge in [-0.05, 0) is 55.4 Å². The highest BCUT2D eigenvalue weighted by Crippen LogP contribution is 2.26. The largest absolute Gasteiger partial charge is 0.339 e. The van der Waals surface area contributed by atoms with Crippen molar-refractivity contribution >= 4 is 32.7 Å². The second kappa shape index (κ2) is 7.27. The number of amides is 1. The molecule has 0 fully saturated rings. The van der Waals surface area contributed by atoms with Crippen LogP contribution in [-0.4, -0.2) is 32.7 Å². The first-order chi connectivity index (χ1) is 11.2. The van der Waals surface area contributed by atoms with Crippen LogP contribution < -0.4 is 4.72 Å². The summed E-state index contributed by atoms with van der Waals surface area (Å²) < 4.78 is 27.7. The average Bonchev–Trinajstić information content (AvgIpc) is 2.46. The summed E-state index contributed by atoms with van der Waals surface area (Å²) in [6.45, 7) is 3.68. The van der Waals surface area contributed by atoms with E-state index in [-0.39, 0.29) is 10.1 Å². The lowest BCUT2D eigenvalue weighted by Crippen LogP contribution is -2.16. The van der Waals surface area contributed by atoms with Crippen LogP contribution in [-0.2, 0) is 10.0 Å². The summed E-state index contributed by atoms with van der Waals surface area (Å²) in [6.07, 6.45) is 0. The number of carbonyl (C=O) groups is 1. The molecule has 1 N–H and O–H groups in total. The van der Waals surface area contributed by atoms with Crippen molar-refractivity contribution < 1.29 is 13.2 Å². The molecule has 0 aliphatic rings. The van der Waals surface area contributed by atoms with Gasteiger partial charge in [-0.3, -0.25) is 9.52 Å². The molecule has 0 aliphatic heterocycles. The van der Waals surface area contributed by atoms with E-state index in [0.29, 0.717) is 16.1 Å². The molecule has 0 unspecified atom stereocenters. The Kier molecular flexibility index (Phi) is 5.56. The fourth-order valence-electron chi connectivity index (χ4n) is 2.13. The average molecular weight is 364 g/mol. The monoisotopic (exact) mass is 364 g/mol. The Balaban J connectivity index is 2.25. The van der Waals surface area contributed by atoms with Crippen molar-refractivity contribution in [3.05, 3.63) is 53.6 Å². The maximum Gasteiger partial charge on any atom is 0.285 e. The Bertz CT molecular complexity index is 862. The van der Waals surface area contributed by atoms with Gasteiger partial charge in [-0.2, -0.15) is 0 Å². The van der Waals surface area contributed by atoms with Gasteiger partial charge in [0, 0.05) is 24.7 Å². The first kappa shape index (κ1) is 18.4. The second-order valence-corrected chi connectivity index (χ2v) is 8.34. The van der Waals surface area contributed by atoms with Gasteiger partial charge in [0.15, 0.2) is 0 Å². The van der Waals surface area contributed by atoms with Crippen molar-refractivity contribution in [1.82, 2.24) is 4.90 Å². The van der Waals surface area contributed by atoms with Crippen LogP contribution in [0.25, 0.3) is 0 Å². The van der Waals surface area contributed by atoms with Crippen LogP contribution in [0, 0.1) is 13.8 Å². The Hall–Kier alpha value is -1.99. The van der Waals surface area contributed by atoms with Gasteiger partial charge in [0.1, 0.15) is 0 Å². The SMILES string of the molecule is Cc1ccc(S(=O)(=O)Nc2cccc(SC(=O)N(C)C)c2)c(C)c1. The van der Waals surface area contributed by atoms with Gasteiger partial charge in [-0.1, -0.05) is 23.8 Å². The third kappa shape index (κ3) is 4.52. The predicted octanol–water partition coefficient (Wildman–Crippen LogP) is 3.88. The molecule has 5 nitrogen and oxygen atoms in total. The van der Waals surface area contributed by atoms with Crippen molar-refractivity contribution in [1.29, 1.82) is 0 Å². The zero-order chi connectivity index (χ0) is 17.9. The number of rotatable bonds is 4. The van der Waals surface area contributed by atoms with Gasteiger partial charge >= 0.3 is 0 Å². The molecular formula is C17H20N2O3S2. The van der Waals surface area contributed by atoms with Crippen LogP contribution in [0.2, 0.25) is 0 Å². The number of nitrogens with one attached hydrogen (secondary N) is 1. The highest BCUT2D eigenvalue weighted by Gasteiger charge is 2.17. The second-order valence-electron chi connectivity index (χ2n) is 5.66. The van der Waals surface area contributed by atoms with Gasteiger partial charge in [0.25, 0.3) is 15.3 Å². The minimum atomic E-state index is -3.68. The van der Waals surface area contributed by atoms with Crippen molar-refractivity contribution in [3.8, 4) is 0 Å². The van der Waals surface area contributed by atoms with E-state index in [1.54, 1.807) is 57.4 Å².